The van der Waals surface area contributed by atoms with E-state index >= 15 is 0 Å². The van der Waals surface area contributed by atoms with Crippen LogP contribution in [-0.4, -0.2) is 39.1 Å². The van der Waals surface area contributed by atoms with Crippen LogP contribution in [-0.2, 0) is 11.2 Å². The molecule has 0 spiro atoms. The summed E-state index contributed by atoms with van der Waals surface area (Å²) in [5.41, 5.74) is -0.275. The van der Waals surface area contributed by atoms with Gasteiger partial charge in [0.05, 0.1) is 4.34 Å². The van der Waals surface area contributed by atoms with Crippen molar-refractivity contribution in [2.75, 3.05) is 13.1 Å². The number of aromatic nitrogens is 3. The summed E-state index contributed by atoms with van der Waals surface area (Å²) >= 11 is 7.42. The molecular weight excluding hydrogens is 324 g/mol. The second-order valence-corrected chi connectivity index (χ2v) is 7.22. The van der Waals surface area contributed by atoms with Crippen LogP contribution >= 0.6 is 22.9 Å². The summed E-state index contributed by atoms with van der Waals surface area (Å²) in [4.78, 5) is 29.1. The zero-order valence-corrected chi connectivity index (χ0v) is 13.5. The number of rotatable bonds is 4. The van der Waals surface area contributed by atoms with Crippen LogP contribution < -0.4 is 5.69 Å². The number of carbonyl (C=O) groups excluding carboxylic acids is 1. The van der Waals surface area contributed by atoms with Gasteiger partial charge in [-0.25, -0.2) is 9.89 Å². The summed E-state index contributed by atoms with van der Waals surface area (Å²) in [5, 5.41) is 6.37. The third kappa shape index (κ3) is 3.59. The number of carbonyl (C=O) groups is 1. The molecular formula is C14H17ClN4O2S. The predicted octanol–water partition coefficient (Wildman–Crippen LogP) is 2.15. The number of nitrogens with one attached hydrogen (secondary N) is 2. The van der Waals surface area contributed by atoms with Gasteiger partial charge in [-0.1, -0.05) is 11.6 Å². The molecule has 0 radical (unpaired) electrons. The van der Waals surface area contributed by atoms with Gasteiger partial charge in [0.25, 0.3) is 0 Å². The molecule has 1 aliphatic heterocycles. The number of hydrogen-bond donors (Lipinski definition) is 2. The maximum atomic E-state index is 12.2. The minimum Gasteiger partial charge on any atom is -0.343 e. The lowest BCUT2D eigenvalue weighted by atomic mass is 9.96. The van der Waals surface area contributed by atoms with E-state index in [9.17, 15) is 9.59 Å². The number of amides is 1. The Balaban J connectivity index is 1.48. The molecule has 2 aromatic rings. The topological polar surface area (TPSA) is 81.8 Å². The molecule has 1 amide bonds. The van der Waals surface area contributed by atoms with E-state index in [1.54, 1.807) is 0 Å². The van der Waals surface area contributed by atoms with E-state index in [4.69, 9.17) is 11.6 Å². The van der Waals surface area contributed by atoms with Crippen molar-refractivity contribution in [2.24, 2.45) is 0 Å². The third-order valence-electron chi connectivity index (χ3n) is 3.97. The Labute approximate surface area is 136 Å². The molecule has 0 bridgehead atoms. The lowest BCUT2D eigenvalue weighted by molar-refractivity contribution is -0.132. The first-order chi connectivity index (χ1) is 10.6. The van der Waals surface area contributed by atoms with E-state index in [0.717, 1.165) is 28.5 Å². The van der Waals surface area contributed by atoms with Gasteiger partial charge in [-0.3, -0.25) is 9.78 Å². The minimum absolute atomic E-state index is 0.179. The molecule has 2 aromatic heterocycles. The summed E-state index contributed by atoms with van der Waals surface area (Å²) in [6, 6.07) is 3.84. The number of piperidine rings is 1. The highest BCUT2D eigenvalue weighted by atomic mass is 35.5. The Bertz CT molecular complexity index is 700. The molecule has 0 atom stereocenters. The monoisotopic (exact) mass is 340 g/mol. The van der Waals surface area contributed by atoms with Crippen LogP contribution in [0.1, 0.15) is 35.9 Å². The van der Waals surface area contributed by atoms with Crippen LogP contribution in [0.3, 0.4) is 0 Å². The van der Waals surface area contributed by atoms with Crippen LogP contribution in [0.15, 0.2) is 16.9 Å². The Morgan fingerprint density at radius 2 is 2.18 bits per heavy atom. The average Bonchev–Trinajstić information content (AvgIpc) is 3.13. The van der Waals surface area contributed by atoms with Crippen LogP contribution in [0.5, 0.6) is 0 Å². The van der Waals surface area contributed by atoms with Gasteiger partial charge < -0.3 is 4.90 Å². The summed E-state index contributed by atoms with van der Waals surface area (Å²) in [7, 11) is 0. The quantitative estimate of drug-likeness (QED) is 0.894. The second-order valence-electron chi connectivity index (χ2n) is 5.42. The molecule has 118 valence electrons. The highest BCUT2D eigenvalue weighted by Crippen LogP contribution is 2.26. The van der Waals surface area contributed by atoms with Crippen molar-refractivity contribution in [3.05, 3.63) is 37.7 Å². The standard InChI is InChI=1S/C14H17ClN4O2S/c15-11-3-1-10(22-11)2-4-12(20)19-7-5-9(6-8-19)13-16-14(21)18-17-13/h1,3,9H,2,4-8H2,(H2,16,17,18,21). The van der Waals surface area contributed by atoms with Gasteiger partial charge in [0.15, 0.2) is 0 Å². The van der Waals surface area contributed by atoms with Gasteiger partial charge in [0, 0.05) is 30.3 Å². The number of aromatic amines is 2. The molecule has 0 unspecified atom stereocenters. The van der Waals surface area contributed by atoms with Crippen molar-refractivity contribution < 1.29 is 4.79 Å². The van der Waals surface area contributed by atoms with E-state index in [1.165, 1.54) is 11.3 Å². The summed E-state index contributed by atoms with van der Waals surface area (Å²) in [5.74, 6) is 1.10. The zero-order valence-electron chi connectivity index (χ0n) is 12.0. The summed E-state index contributed by atoms with van der Waals surface area (Å²) in [6.07, 6.45) is 2.91. The maximum Gasteiger partial charge on any atom is 0.340 e. The normalized spacial score (nSPS) is 16.1. The minimum atomic E-state index is -0.275. The summed E-state index contributed by atoms with van der Waals surface area (Å²) in [6.45, 7) is 1.42. The first kappa shape index (κ1) is 15.3. The van der Waals surface area contributed by atoms with Gasteiger partial charge in [-0.2, -0.15) is 5.10 Å². The number of nitrogens with zero attached hydrogens (tertiary/aromatic N) is 2. The number of H-pyrrole nitrogens is 2. The molecule has 0 aromatic carbocycles. The molecule has 0 saturated carbocycles. The van der Waals surface area contributed by atoms with Gasteiger partial charge >= 0.3 is 5.69 Å². The van der Waals surface area contributed by atoms with Gasteiger partial charge in [-0.15, -0.1) is 11.3 Å². The van der Waals surface area contributed by atoms with E-state index in [2.05, 4.69) is 15.2 Å². The van der Waals surface area contributed by atoms with Gasteiger partial charge in [0.2, 0.25) is 5.91 Å². The van der Waals surface area contributed by atoms with E-state index in [-0.39, 0.29) is 17.5 Å². The maximum absolute atomic E-state index is 12.2. The smallest absolute Gasteiger partial charge is 0.340 e. The highest BCUT2D eigenvalue weighted by Gasteiger charge is 2.25. The first-order valence-electron chi connectivity index (χ1n) is 7.28. The van der Waals surface area contributed by atoms with E-state index < -0.39 is 0 Å². The van der Waals surface area contributed by atoms with Crippen LogP contribution in [0, 0.1) is 0 Å². The van der Waals surface area contributed by atoms with E-state index in [1.807, 2.05) is 17.0 Å². The second kappa shape index (κ2) is 6.66. The Kier molecular flexibility index (Phi) is 4.63. The number of hydrogen-bond acceptors (Lipinski definition) is 4. The van der Waals surface area contributed by atoms with Crippen LogP contribution in [0.2, 0.25) is 4.34 Å². The largest absolute Gasteiger partial charge is 0.343 e. The molecule has 3 rings (SSSR count). The molecule has 6 nitrogen and oxygen atoms in total. The predicted molar refractivity (Wildman–Crippen MR) is 85.4 cm³/mol. The molecule has 22 heavy (non-hydrogen) atoms. The van der Waals surface area contributed by atoms with Crippen molar-refractivity contribution in [1.29, 1.82) is 0 Å². The highest BCUT2D eigenvalue weighted by molar-refractivity contribution is 7.16. The first-order valence-corrected chi connectivity index (χ1v) is 8.48. The van der Waals surface area contributed by atoms with Crippen LogP contribution in [0.4, 0.5) is 0 Å². The molecule has 2 N–H and O–H groups in total. The molecule has 1 saturated heterocycles. The van der Waals surface area contributed by atoms with Crippen molar-refractivity contribution in [3.8, 4) is 0 Å². The molecule has 0 aliphatic carbocycles. The van der Waals surface area contributed by atoms with Gasteiger partial charge in [0.1, 0.15) is 5.82 Å². The molecule has 8 heteroatoms. The fourth-order valence-electron chi connectivity index (χ4n) is 2.75. The number of likely N-dealkylation sites (tertiary alicyclic amines) is 1. The van der Waals surface area contributed by atoms with Crippen molar-refractivity contribution in [1.82, 2.24) is 20.1 Å². The molecule has 1 fully saturated rings. The Morgan fingerprint density at radius 3 is 2.77 bits per heavy atom. The zero-order chi connectivity index (χ0) is 15.5. The lowest BCUT2D eigenvalue weighted by Crippen LogP contribution is -2.38. The number of thiophene rings is 1. The number of aryl methyl sites for hydroxylation is 1. The summed E-state index contributed by atoms with van der Waals surface area (Å²) < 4.78 is 0.760. The fourth-order valence-corrected chi connectivity index (χ4v) is 3.84. The molecule has 3 heterocycles. The Hall–Kier alpha value is -1.60. The van der Waals surface area contributed by atoms with Gasteiger partial charge in [-0.05, 0) is 31.4 Å². The van der Waals surface area contributed by atoms with Crippen molar-refractivity contribution in [3.63, 3.8) is 0 Å². The number of halogens is 1. The lowest BCUT2D eigenvalue weighted by Gasteiger charge is -2.31. The SMILES string of the molecule is O=C(CCc1ccc(Cl)s1)N1CCC(c2n[nH]c(=O)[nH]2)CC1. The molecule has 1 aliphatic rings. The van der Waals surface area contributed by atoms with Crippen molar-refractivity contribution >= 4 is 28.8 Å². The van der Waals surface area contributed by atoms with E-state index in [0.29, 0.717) is 25.3 Å². The van der Waals surface area contributed by atoms with Crippen molar-refractivity contribution in [2.45, 2.75) is 31.6 Å². The fraction of sp³-hybridized carbons (Fsp3) is 0.500. The Morgan fingerprint density at radius 1 is 1.41 bits per heavy atom. The van der Waals surface area contributed by atoms with Crippen LogP contribution in [0.25, 0.3) is 0 Å². The third-order valence-corrected chi connectivity index (χ3v) is 5.26. The average molecular weight is 341 g/mol.